The minimum atomic E-state index is -1.22. The number of carbonyl (C=O) groups is 2. The van der Waals surface area contributed by atoms with Crippen molar-refractivity contribution in [1.29, 1.82) is 0 Å². The third kappa shape index (κ3) is 7.67. The van der Waals surface area contributed by atoms with Crippen LogP contribution in [-0.4, -0.2) is 104 Å². The van der Waals surface area contributed by atoms with Crippen LogP contribution in [0.15, 0.2) is 84.2 Å². The molecule has 2 fully saturated rings. The number of carbonyl (C=O) groups excluding carboxylic acids is 2. The number of ether oxygens (including phenoxy) is 3. The molecule has 2 saturated heterocycles. The Hall–Kier alpha value is -6.06. The lowest BCUT2D eigenvalue weighted by Crippen LogP contribution is -2.53. The predicted octanol–water partition coefficient (Wildman–Crippen LogP) is 5.65. The van der Waals surface area contributed by atoms with Crippen molar-refractivity contribution in [2.24, 2.45) is 5.92 Å². The molecule has 4 aromatic heterocycles. The van der Waals surface area contributed by atoms with E-state index in [1.807, 2.05) is 66.1 Å². The van der Waals surface area contributed by atoms with Crippen molar-refractivity contribution in [3.8, 4) is 33.5 Å². The molecule has 8 rings (SSSR count). The van der Waals surface area contributed by atoms with E-state index in [1.54, 1.807) is 35.2 Å². The van der Waals surface area contributed by atoms with Crippen molar-refractivity contribution >= 4 is 34.2 Å². The minimum Gasteiger partial charge on any atom is -0.493 e. The number of methoxy groups -OCH3 is 3. The van der Waals surface area contributed by atoms with Crippen molar-refractivity contribution < 1.29 is 28.9 Å². The molecule has 15 heteroatoms. The number of nitrogens with zero attached hydrogens (tertiary/aromatic N) is 7. The Labute approximate surface area is 345 Å². The van der Waals surface area contributed by atoms with Crippen LogP contribution >= 0.6 is 11.3 Å². The monoisotopic (exact) mass is 817 g/mol. The second-order valence-corrected chi connectivity index (χ2v) is 16.3. The molecule has 59 heavy (non-hydrogen) atoms. The van der Waals surface area contributed by atoms with E-state index in [4.69, 9.17) is 19.2 Å². The molecule has 2 atom stereocenters. The number of piperidine rings is 2. The van der Waals surface area contributed by atoms with Gasteiger partial charge >= 0.3 is 0 Å². The van der Waals surface area contributed by atoms with Crippen molar-refractivity contribution in [1.82, 2.24) is 33.9 Å². The number of aromatic nitrogens is 5. The number of benzene rings is 2. The number of thiazole rings is 1. The smallest absolute Gasteiger partial charge is 0.265 e. The molecule has 306 valence electrons. The molecule has 0 radical (unpaired) electrons. The highest BCUT2D eigenvalue weighted by Gasteiger charge is 2.42. The molecule has 0 bridgehead atoms. The molecule has 0 spiro atoms. The van der Waals surface area contributed by atoms with Crippen molar-refractivity contribution in [2.75, 3.05) is 47.5 Å². The fourth-order valence-electron chi connectivity index (χ4n) is 8.36. The third-order valence-corrected chi connectivity index (χ3v) is 12.9. The first-order chi connectivity index (χ1) is 28.5. The number of fused-ring (bicyclic) bond motifs is 1. The predicted molar refractivity (Wildman–Crippen MR) is 224 cm³/mol. The van der Waals surface area contributed by atoms with Gasteiger partial charge in [-0.2, -0.15) is 0 Å². The van der Waals surface area contributed by atoms with Crippen LogP contribution in [0.25, 0.3) is 27.3 Å². The Balaban J connectivity index is 0.954. The van der Waals surface area contributed by atoms with Crippen LogP contribution in [0.1, 0.15) is 51.8 Å². The number of amides is 2. The summed E-state index contributed by atoms with van der Waals surface area (Å²) in [5.41, 5.74) is 3.08. The zero-order chi connectivity index (χ0) is 41.4. The van der Waals surface area contributed by atoms with Crippen LogP contribution in [0.2, 0.25) is 0 Å². The van der Waals surface area contributed by atoms with E-state index in [2.05, 4.69) is 9.97 Å². The first-order valence-corrected chi connectivity index (χ1v) is 20.4. The van der Waals surface area contributed by atoms with E-state index in [1.165, 1.54) is 43.6 Å². The lowest BCUT2D eigenvalue weighted by Gasteiger charge is -2.43. The summed E-state index contributed by atoms with van der Waals surface area (Å²) >= 11 is 1.37. The average molecular weight is 818 g/mol. The van der Waals surface area contributed by atoms with Crippen LogP contribution in [-0.2, 0) is 11.3 Å². The van der Waals surface area contributed by atoms with Crippen molar-refractivity contribution in [3.05, 3.63) is 112 Å². The van der Waals surface area contributed by atoms with Crippen LogP contribution in [0.3, 0.4) is 0 Å². The Morgan fingerprint density at radius 2 is 1.64 bits per heavy atom. The normalized spacial score (nSPS) is 17.9. The molecule has 1 N–H and O–H groups in total. The summed E-state index contributed by atoms with van der Waals surface area (Å²) in [7, 11) is 4.61. The van der Waals surface area contributed by atoms with Gasteiger partial charge in [0, 0.05) is 73.8 Å². The van der Waals surface area contributed by atoms with Gasteiger partial charge in [-0.05, 0) is 56.9 Å². The molecule has 14 nitrogen and oxygen atoms in total. The van der Waals surface area contributed by atoms with Gasteiger partial charge in [0.15, 0.2) is 17.1 Å². The maximum atomic E-state index is 14.4. The number of hydrogen-bond acceptors (Lipinski definition) is 11. The SMILES string of the molecule is COc1cc(-n2ccc3c(=O)n(CC4(O)CCN(C(=O)[C@@H]5CCN(C(=O)c6sc(-c7ccc(C)nc7)nc6C)C[C@H]5c5ccccc5)CC4)cnc32)cc(OC)c1OC. The van der Waals surface area contributed by atoms with E-state index in [0.29, 0.717) is 90.0 Å². The topological polar surface area (TPSA) is 154 Å². The van der Waals surface area contributed by atoms with Gasteiger partial charge in [0.05, 0.1) is 50.2 Å². The zero-order valence-electron chi connectivity index (χ0n) is 33.8. The number of aryl methyl sites for hydroxylation is 2. The molecule has 2 aromatic carbocycles. The number of likely N-dealkylation sites (tertiary alicyclic amines) is 2. The second kappa shape index (κ2) is 16.3. The number of pyridine rings is 1. The molecule has 6 aromatic rings. The Bertz CT molecular complexity index is 2540. The fraction of sp³-hybridized carbons (Fsp3) is 0.364. The summed E-state index contributed by atoms with van der Waals surface area (Å²) in [4.78, 5) is 60.2. The van der Waals surface area contributed by atoms with Gasteiger partial charge in [0.1, 0.15) is 16.2 Å². The quantitative estimate of drug-likeness (QED) is 0.184. The van der Waals surface area contributed by atoms with Gasteiger partial charge in [-0.1, -0.05) is 30.3 Å². The molecule has 0 saturated carbocycles. The molecule has 2 amide bonds. The molecular weight excluding hydrogens is 771 g/mol. The highest BCUT2D eigenvalue weighted by molar-refractivity contribution is 7.17. The van der Waals surface area contributed by atoms with Gasteiger partial charge in [0.25, 0.3) is 11.5 Å². The van der Waals surface area contributed by atoms with E-state index in [-0.39, 0.29) is 35.8 Å². The van der Waals surface area contributed by atoms with Crippen LogP contribution in [0.5, 0.6) is 17.2 Å². The second-order valence-electron chi connectivity index (χ2n) is 15.3. The van der Waals surface area contributed by atoms with E-state index in [0.717, 1.165) is 21.8 Å². The van der Waals surface area contributed by atoms with Gasteiger partial charge in [0.2, 0.25) is 11.7 Å². The molecule has 0 unspecified atom stereocenters. The lowest BCUT2D eigenvalue weighted by molar-refractivity contribution is -0.142. The average Bonchev–Trinajstić information content (AvgIpc) is 3.88. The summed E-state index contributed by atoms with van der Waals surface area (Å²) in [5.74, 6) is 0.773. The Kier molecular flexibility index (Phi) is 11.0. The molecule has 2 aliphatic heterocycles. The van der Waals surface area contributed by atoms with Gasteiger partial charge in [-0.3, -0.25) is 23.9 Å². The molecular formula is C44H47N7O7S. The third-order valence-electron chi connectivity index (χ3n) is 11.7. The van der Waals surface area contributed by atoms with Crippen molar-refractivity contribution in [2.45, 2.75) is 51.2 Å². The number of hydrogen-bond donors (Lipinski definition) is 1. The number of rotatable bonds is 10. The molecule has 0 aliphatic carbocycles. The Morgan fingerprint density at radius 3 is 2.31 bits per heavy atom. The summed E-state index contributed by atoms with van der Waals surface area (Å²) in [6, 6.07) is 19.1. The first-order valence-electron chi connectivity index (χ1n) is 19.6. The largest absolute Gasteiger partial charge is 0.493 e. The van der Waals surface area contributed by atoms with Gasteiger partial charge in [-0.15, -0.1) is 11.3 Å². The van der Waals surface area contributed by atoms with E-state index >= 15 is 0 Å². The maximum absolute atomic E-state index is 14.4. The van der Waals surface area contributed by atoms with E-state index < -0.39 is 5.60 Å². The first kappa shape index (κ1) is 39.8. The van der Waals surface area contributed by atoms with Crippen LogP contribution in [0, 0.1) is 19.8 Å². The number of aliphatic hydroxyl groups is 1. The highest BCUT2D eigenvalue weighted by Crippen LogP contribution is 2.40. The summed E-state index contributed by atoms with van der Waals surface area (Å²) < 4.78 is 19.7. The Morgan fingerprint density at radius 1 is 0.915 bits per heavy atom. The van der Waals surface area contributed by atoms with Crippen LogP contribution in [0.4, 0.5) is 0 Å². The maximum Gasteiger partial charge on any atom is 0.265 e. The summed E-state index contributed by atoms with van der Waals surface area (Å²) in [6.07, 6.45) is 6.10. The summed E-state index contributed by atoms with van der Waals surface area (Å²) in [5, 5.41) is 12.9. The molecule has 2 aliphatic rings. The van der Waals surface area contributed by atoms with Gasteiger partial charge < -0.3 is 33.7 Å². The standard InChI is InChI=1S/C44H47N7O7S/c1-27-11-12-30(23-45-27)40-47-28(2)38(59-40)43(54)49-17-13-32(34(24-49)29-9-7-6-8-10-29)41(52)48-19-15-44(55,16-20-48)25-50-26-46-39-33(42(50)53)14-18-51(39)31-21-35(56-3)37(58-5)36(22-31)57-4/h6-12,14,18,21-23,26,32,34,55H,13,15-17,19-20,24-25H2,1-5H3/t32-,34+/m1/s1. The molecule has 6 heterocycles. The van der Waals surface area contributed by atoms with Crippen molar-refractivity contribution in [3.63, 3.8) is 0 Å². The van der Waals surface area contributed by atoms with Crippen LogP contribution < -0.4 is 19.8 Å². The lowest BCUT2D eigenvalue weighted by atomic mass is 9.79. The van der Waals surface area contributed by atoms with E-state index in [9.17, 15) is 19.5 Å². The van der Waals surface area contributed by atoms with Gasteiger partial charge in [-0.25, -0.2) is 9.97 Å². The summed E-state index contributed by atoms with van der Waals surface area (Å²) in [6.45, 7) is 5.35. The zero-order valence-corrected chi connectivity index (χ0v) is 34.6. The highest BCUT2D eigenvalue weighted by atomic mass is 32.1. The minimum absolute atomic E-state index is 0.0181. The fourth-order valence-corrected chi connectivity index (χ4v) is 9.39.